The van der Waals surface area contributed by atoms with Crippen LogP contribution in [-0.4, -0.2) is 29.3 Å². The Morgan fingerprint density at radius 1 is 1.45 bits per heavy atom. The lowest BCUT2D eigenvalue weighted by Gasteiger charge is -2.18. The van der Waals surface area contributed by atoms with Crippen LogP contribution in [0.15, 0.2) is 41.7 Å². The van der Waals surface area contributed by atoms with Gasteiger partial charge in [-0.15, -0.1) is 0 Å². The van der Waals surface area contributed by atoms with Crippen LogP contribution >= 0.6 is 0 Å². The lowest BCUT2D eigenvalue weighted by Crippen LogP contribution is -2.40. The van der Waals surface area contributed by atoms with Crippen molar-refractivity contribution in [2.24, 2.45) is 4.99 Å². The normalized spacial score (nSPS) is 13.0. The zero-order chi connectivity index (χ0) is 15.9. The minimum atomic E-state index is -0.187. The van der Waals surface area contributed by atoms with Gasteiger partial charge in [-0.1, -0.05) is 12.1 Å². The first-order chi connectivity index (χ1) is 10.6. The maximum absolute atomic E-state index is 13.6. The quantitative estimate of drug-likeness (QED) is 0.658. The molecule has 5 nitrogen and oxygen atoms in total. The van der Waals surface area contributed by atoms with Crippen molar-refractivity contribution >= 4 is 5.96 Å². The summed E-state index contributed by atoms with van der Waals surface area (Å²) in [5, 5.41) is 10.6. The number of hydrogen-bond acceptors (Lipinski definition) is 2. The third kappa shape index (κ3) is 4.31. The molecule has 0 saturated heterocycles. The molecule has 2 aromatic rings. The first-order valence-electron chi connectivity index (χ1n) is 7.31. The number of nitrogens with zero attached hydrogens (tertiary/aromatic N) is 3. The molecule has 0 radical (unpaired) electrons. The minimum absolute atomic E-state index is 0.0361. The molecule has 0 fully saturated rings. The molecule has 0 saturated carbocycles. The third-order valence-electron chi connectivity index (χ3n) is 3.47. The second kappa shape index (κ2) is 7.59. The molecule has 0 spiro atoms. The molecular weight excluding hydrogens is 281 g/mol. The minimum Gasteiger partial charge on any atom is -0.355 e. The number of aromatic nitrogens is 2. The van der Waals surface area contributed by atoms with Crippen LogP contribution < -0.4 is 10.6 Å². The molecule has 2 N–H and O–H groups in total. The van der Waals surface area contributed by atoms with Gasteiger partial charge in [0.05, 0.1) is 12.6 Å². The van der Waals surface area contributed by atoms with Crippen molar-refractivity contribution in [3.8, 4) is 0 Å². The fourth-order valence-electron chi connectivity index (χ4n) is 2.08. The number of aliphatic imine (C=N–C) groups is 1. The second-order valence-electron chi connectivity index (χ2n) is 5.14. The maximum Gasteiger partial charge on any atom is 0.191 e. The molecule has 22 heavy (non-hydrogen) atoms. The predicted molar refractivity (Wildman–Crippen MR) is 86.3 cm³/mol. The number of nitrogens with one attached hydrogen (secondary N) is 2. The van der Waals surface area contributed by atoms with Gasteiger partial charge in [-0.3, -0.25) is 9.67 Å². The molecule has 1 unspecified atom stereocenters. The summed E-state index contributed by atoms with van der Waals surface area (Å²) in [4.78, 5) is 4.18. The Balaban J connectivity index is 1.87. The monoisotopic (exact) mass is 303 g/mol. The first kappa shape index (κ1) is 16.0. The fraction of sp³-hybridized carbons (Fsp3) is 0.375. The van der Waals surface area contributed by atoms with Gasteiger partial charge < -0.3 is 10.6 Å². The van der Waals surface area contributed by atoms with E-state index in [1.165, 1.54) is 0 Å². The highest BCUT2D eigenvalue weighted by atomic mass is 19.1. The SMILES string of the molecule is CN=C(NCCn1cccn1)NC(C)c1ccc(C)c(F)c1. The van der Waals surface area contributed by atoms with Gasteiger partial charge in [0, 0.05) is 26.0 Å². The van der Waals surface area contributed by atoms with Gasteiger partial charge in [-0.05, 0) is 37.1 Å². The molecule has 1 atom stereocenters. The van der Waals surface area contributed by atoms with E-state index < -0.39 is 0 Å². The van der Waals surface area contributed by atoms with Crippen LogP contribution in [0.5, 0.6) is 0 Å². The lowest BCUT2D eigenvalue weighted by atomic mass is 10.1. The Labute approximate surface area is 130 Å². The number of aryl methyl sites for hydroxylation is 1. The van der Waals surface area contributed by atoms with E-state index >= 15 is 0 Å². The van der Waals surface area contributed by atoms with Crippen LogP contribution in [-0.2, 0) is 6.54 Å². The molecule has 2 rings (SSSR count). The summed E-state index contributed by atoms with van der Waals surface area (Å²) in [5.41, 5.74) is 1.54. The van der Waals surface area contributed by atoms with Crippen molar-refractivity contribution in [3.05, 3.63) is 53.6 Å². The number of benzene rings is 1. The van der Waals surface area contributed by atoms with Crippen LogP contribution in [0.4, 0.5) is 4.39 Å². The van der Waals surface area contributed by atoms with Gasteiger partial charge in [0.1, 0.15) is 5.82 Å². The summed E-state index contributed by atoms with van der Waals surface area (Å²) in [7, 11) is 1.71. The average Bonchev–Trinajstić information content (AvgIpc) is 3.02. The Morgan fingerprint density at radius 3 is 2.91 bits per heavy atom. The third-order valence-corrected chi connectivity index (χ3v) is 3.47. The topological polar surface area (TPSA) is 54.2 Å². The van der Waals surface area contributed by atoms with Crippen molar-refractivity contribution in [2.75, 3.05) is 13.6 Å². The molecule has 1 aromatic carbocycles. The summed E-state index contributed by atoms with van der Waals surface area (Å²) < 4.78 is 15.5. The summed E-state index contributed by atoms with van der Waals surface area (Å²) in [6.45, 7) is 5.19. The number of rotatable bonds is 5. The van der Waals surface area contributed by atoms with E-state index in [4.69, 9.17) is 0 Å². The van der Waals surface area contributed by atoms with Crippen LogP contribution in [0.25, 0.3) is 0 Å². The Hall–Kier alpha value is -2.37. The van der Waals surface area contributed by atoms with Crippen molar-refractivity contribution in [1.82, 2.24) is 20.4 Å². The average molecular weight is 303 g/mol. The van der Waals surface area contributed by atoms with Crippen LogP contribution in [0.3, 0.4) is 0 Å². The Bertz CT molecular complexity index is 621. The molecule has 0 aliphatic heterocycles. The number of guanidine groups is 1. The smallest absolute Gasteiger partial charge is 0.191 e. The highest BCUT2D eigenvalue weighted by Gasteiger charge is 2.09. The van der Waals surface area contributed by atoms with Gasteiger partial charge in [0.25, 0.3) is 0 Å². The second-order valence-corrected chi connectivity index (χ2v) is 5.14. The molecule has 1 heterocycles. The van der Waals surface area contributed by atoms with Crippen molar-refractivity contribution in [2.45, 2.75) is 26.4 Å². The van der Waals surface area contributed by atoms with Gasteiger partial charge in [-0.25, -0.2) is 4.39 Å². The van der Waals surface area contributed by atoms with E-state index in [1.807, 2.05) is 29.9 Å². The zero-order valence-electron chi connectivity index (χ0n) is 13.2. The summed E-state index contributed by atoms with van der Waals surface area (Å²) in [5.74, 6) is 0.494. The molecule has 0 aliphatic carbocycles. The van der Waals surface area contributed by atoms with Crippen LogP contribution in [0.1, 0.15) is 24.1 Å². The highest BCUT2D eigenvalue weighted by Crippen LogP contribution is 2.16. The van der Waals surface area contributed by atoms with Crippen LogP contribution in [0, 0.1) is 12.7 Å². The molecule has 0 aliphatic rings. The van der Waals surface area contributed by atoms with Crippen LogP contribution in [0.2, 0.25) is 0 Å². The summed E-state index contributed by atoms with van der Waals surface area (Å²) in [6, 6.07) is 7.13. The van der Waals surface area contributed by atoms with E-state index in [9.17, 15) is 4.39 Å². The fourth-order valence-corrected chi connectivity index (χ4v) is 2.08. The standard InChI is InChI=1S/C16H22FN5/c1-12-5-6-14(11-15(12)17)13(2)21-16(18-3)19-8-10-22-9-4-7-20-22/h4-7,9,11,13H,8,10H2,1-3H3,(H2,18,19,21). The number of hydrogen-bond donors (Lipinski definition) is 2. The van der Waals surface area contributed by atoms with Crippen molar-refractivity contribution in [3.63, 3.8) is 0 Å². The van der Waals surface area contributed by atoms with Gasteiger partial charge in [-0.2, -0.15) is 5.10 Å². The zero-order valence-corrected chi connectivity index (χ0v) is 13.2. The van der Waals surface area contributed by atoms with E-state index in [0.717, 1.165) is 12.1 Å². The van der Waals surface area contributed by atoms with Gasteiger partial charge >= 0.3 is 0 Å². The van der Waals surface area contributed by atoms with Gasteiger partial charge in [0.2, 0.25) is 0 Å². The molecule has 1 aromatic heterocycles. The number of halogens is 1. The van der Waals surface area contributed by atoms with E-state index in [-0.39, 0.29) is 11.9 Å². The molecule has 0 bridgehead atoms. The maximum atomic E-state index is 13.6. The lowest BCUT2D eigenvalue weighted by molar-refractivity contribution is 0.588. The largest absolute Gasteiger partial charge is 0.355 e. The summed E-state index contributed by atoms with van der Waals surface area (Å²) in [6.07, 6.45) is 3.66. The van der Waals surface area contributed by atoms with E-state index in [0.29, 0.717) is 18.1 Å². The predicted octanol–water partition coefficient (Wildman–Crippen LogP) is 2.26. The van der Waals surface area contributed by atoms with E-state index in [2.05, 4.69) is 20.7 Å². The molecule has 6 heteroatoms. The Morgan fingerprint density at radius 2 is 2.27 bits per heavy atom. The Kier molecular flexibility index (Phi) is 5.52. The molecule has 0 amide bonds. The van der Waals surface area contributed by atoms with E-state index in [1.54, 1.807) is 32.3 Å². The van der Waals surface area contributed by atoms with Crippen molar-refractivity contribution < 1.29 is 4.39 Å². The van der Waals surface area contributed by atoms with Crippen molar-refractivity contribution in [1.29, 1.82) is 0 Å². The first-order valence-corrected chi connectivity index (χ1v) is 7.31. The molecular formula is C16H22FN5. The highest BCUT2D eigenvalue weighted by molar-refractivity contribution is 5.80. The van der Waals surface area contributed by atoms with Gasteiger partial charge in [0.15, 0.2) is 5.96 Å². The summed E-state index contributed by atoms with van der Waals surface area (Å²) >= 11 is 0. The molecule has 118 valence electrons.